The summed E-state index contributed by atoms with van der Waals surface area (Å²) in [5.41, 5.74) is 2.65. The van der Waals surface area contributed by atoms with Crippen molar-refractivity contribution in [3.63, 3.8) is 0 Å². The van der Waals surface area contributed by atoms with Gasteiger partial charge in [0, 0.05) is 0 Å². The fraction of sp³-hybridized carbons (Fsp3) is 0.0769. The fourth-order valence-corrected chi connectivity index (χ4v) is 1.31. The first kappa shape index (κ1) is 23.1. The number of halogens is 2. The number of hydrogen-bond acceptors (Lipinski definition) is 0. The van der Waals surface area contributed by atoms with Gasteiger partial charge in [0.05, 0.1) is 0 Å². The molecule has 0 atom stereocenters. The second-order valence-electron chi connectivity index (χ2n) is 2.99. The van der Waals surface area contributed by atoms with Crippen molar-refractivity contribution in [3.8, 4) is 0 Å². The molecule has 0 fully saturated rings. The van der Waals surface area contributed by atoms with Crippen molar-refractivity contribution in [1.82, 2.24) is 0 Å². The van der Waals surface area contributed by atoms with E-state index < -0.39 is 0 Å². The van der Waals surface area contributed by atoms with Crippen molar-refractivity contribution in [1.29, 1.82) is 0 Å². The van der Waals surface area contributed by atoms with Crippen LogP contribution in [0.25, 0.3) is 0 Å². The predicted octanol–water partition coefficient (Wildman–Crippen LogP) is -3.88. The topological polar surface area (TPSA) is 0 Å². The van der Waals surface area contributed by atoms with E-state index in [1.54, 1.807) is 0 Å². The minimum atomic E-state index is 0. The van der Waals surface area contributed by atoms with Crippen LogP contribution >= 0.6 is 0 Å². The van der Waals surface area contributed by atoms with Crippen LogP contribution in [0.2, 0.25) is 0 Å². The molecule has 0 N–H and O–H groups in total. The molecule has 0 bridgehead atoms. The minimum Gasteiger partial charge on any atom is -1.00 e. The van der Waals surface area contributed by atoms with E-state index in [9.17, 15) is 0 Å². The van der Waals surface area contributed by atoms with Gasteiger partial charge in [-0.15, -0.1) is 0 Å². The summed E-state index contributed by atoms with van der Waals surface area (Å²) in [5.74, 6) is 0. The third-order valence-corrected chi connectivity index (χ3v) is 1.98. The van der Waals surface area contributed by atoms with Gasteiger partial charge in [0.2, 0.25) is 0 Å². The number of hydrogen-bond donors (Lipinski definition) is 0. The Morgan fingerprint density at radius 2 is 0.941 bits per heavy atom. The van der Waals surface area contributed by atoms with Gasteiger partial charge in [0.25, 0.3) is 0 Å². The molecule has 2 rings (SSSR count). The summed E-state index contributed by atoms with van der Waals surface area (Å²) in [4.78, 5) is 0. The average molecular weight is 375 g/mol. The average Bonchev–Trinajstić information content (AvgIpc) is 2.21. The van der Waals surface area contributed by atoms with E-state index >= 15 is 0 Å². The first-order chi connectivity index (χ1) is 6.45. The van der Waals surface area contributed by atoms with Crippen LogP contribution in [0.3, 0.4) is 0 Å². The molecule has 0 saturated heterocycles. The maximum Gasteiger partial charge on any atom is 2.00 e. The van der Waals surface area contributed by atoms with Crippen LogP contribution in [0.15, 0.2) is 48.5 Å². The van der Waals surface area contributed by atoms with Crippen LogP contribution in [0, 0.1) is 12.1 Å². The summed E-state index contributed by atoms with van der Waals surface area (Å²) in [5, 5.41) is 0. The maximum atomic E-state index is 3.01. The minimum absolute atomic E-state index is 0. The molecule has 0 nitrogen and oxygen atoms in total. The Hall–Kier alpha value is 0.932. The predicted molar refractivity (Wildman–Crippen MR) is 64.9 cm³/mol. The van der Waals surface area contributed by atoms with Gasteiger partial charge in [-0.2, -0.15) is 71.8 Å². The van der Waals surface area contributed by atoms with Crippen LogP contribution in [0.4, 0.5) is 0 Å². The van der Waals surface area contributed by atoms with E-state index in [2.05, 4.69) is 36.4 Å². The molecular formula is C13H10Br2Mg2. The number of benzene rings is 2. The Kier molecular flexibility index (Phi) is 18.1. The van der Waals surface area contributed by atoms with Crippen LogP contribution < -0.4 is 34.0 Å². The maximum absolute atomic E-state index is 3.01. The van der Waals surface area contributed by atoms with Gasteiger partial charge in [-0.05, 0) is 6.42 Å². The molecule has 17 heavy (non-hydrogen) atoms. The molecule has 0 spiro atoms. The molecule has 0 aliphatic carbocycles. The first-order valence-corrected chi connectivity index (χ1v) is 4.35. The largest absolute Gasteiger partial charge is 2.00 e. The smallest absolute Gasteiger partial charge is 1.00 e. The molecule has 0 saturated carbocycles. The fourth-order valence-electron chi connectivity index (χ4n) is 1.31. The van der Waals surface area contributed by atoms with Gasteiger partial charge in [-0.1, -0.05) is 0 Å². The second-order valence-corrected chi connectivity index (χ2v) is 2.99. The van der Waals surface area contributed by atoms with Gasteiger partial charge in [-0.25, -0.2) is 0 Å². The van der Waals surface area contributed by atoms with Crippen molar-refractivity contribution in [2.75, 3.05) is 0 Å². The molecule has 4 heteroatoms. The van der Waals surface area contributed by atoms with Crippen molar-refractivity contribution >= 4 is 46.1 Å². The third-order valence-electron chi connectivity index (χ3n) is 1.98. The Morgan fingerprint density at radius 1 is 0.647 bits per heavy atom. The molecule has 2 aromatic rings. The van der Waals surface area contributed by atoms with Crippen LogP contribution in [-0.4, -0.2) is 46.1 Å². The summed E-state index contributed by atoms with van der Waals surface area (Å²) in [6, 6.07) is 22.2. The molecule has 0 aliphatic heterocycles. The van der Waals surface area contributed by atoms with Crippen LogP contribution in [-0.2, 0) is 6.42 Å². The molecule has 0 aliphatic rings. The summed E-state index contributed by atoms with van der Waals surface area (Å²) < 4.78 is 0. The molecule has 0 unspecified atom stereocenters. The van der Waals surface area contributed by atoms with E-state index in [1.165, 1.54) is 11.1 Å². The van der Waals surface area contributed by atoms with E-state index in [0.717, 1.165) is 6.42 Å². The SMILES string of the molecule is [Br-].[Br-].[Mg+2].[Mg+2].[c-]1ccc(Cc2cc[c-]cc2)cc1. The van der Waals surface area contributed by atoms with Gasteiger partial charge >= 0.3 is 46.1 Å². The molecule has 80 valence electrons. The molecular weight excluding hydrogens is 365 g/mol. The van der Waals surface area contributed by atoms with Crippen LogP contribution in [0.5, 0.6) is 0 Å². The van der Waals surface area contributed by atoms with E-state index in [0.29, 0.717) is 0 Å². The Labute approximate surface area is 156 Å². The van der Waals surface area contributed by atoms with Crippen molar-refractivity contribution in [2.24, 2.45) is 0 Å². The molecule has 2 aromatic carbocycles. The van der Waals surface area contributed by atoms with Crippen molar-refractivity contribution < 1.29 is 34.0 Å². The Morgan fingerprint density at radius 3 is 1.24 bits per heavy atom. The third kappa shape index (κ3) is 8.62. The Bertz CT molecular complexity index is 328. The number of rotatable bonds is 2. The molecule has 0 amide bonds. The zero-order valence-corrected chi connectivity index (χ0v) is 15.5. The standard InChI is InChI=1S/C13H10.2BrH.2Mg/c1-3-7-12(8-4-1)11-13-9-5-2-6-10-13;;;;/h3-10H,11H2;2*1H;;/q-2;;;2*+2/p-2. The van der Waals surface area contributed by atoms with Gasteiger partial charge in [0.1, 0.15) is 0 Å². The van der Waals surface area contributed by atoms with Gasteiger partial charge in [-0.3, -0.25) is 0 Å². The molecule has 0 heterocycles. The summed E-state index contributed by atoms with van der Waals surface area (Å²) >= 11 is 0. The second kappa shape index (κ2) is 13.4. The summed E-state index contributed by atoms with van der Waals surface area (Å²) in [6.07, 6.45) is 0.989. The van der Waals surface area contributed by atoms with Crippen molar-refractivity contribution in [3.05, 3.63) is 71.8 Å². The Balaban J connectivity index is -0.000000490. The quantitative estimate of drug-likeness (QED) is 0.373. The van der Waals surface area contributed by atoms with E-state index in [1.807, 2.05) is 24.3 Å². The monoisotopic (exact) mass is 372 g/mol. The first-order valence-electron chi connectivity index (χ1n) is 4.35. The summed E-state index contributed by atoms with van der Waals surface area (Å²) in [7, 11) is 0. The van der Waals surface area contributed by atoms with Crippen LogP contribution in [0.1, 0.15) is 11.1 Å². The van der Waals surface area contributed by atoms with E-state index in [4.69, 9.17) is 0 Å². The molecule has 0 aromatic heterocycles. The zero-order valence-electron chi connectivity index (χ0n) is 9.50. The zero-order chi connectivity index (χ0) is 8.93. The van der Waals surface area contributed by atoms with Crippen molar-refractivity contribution in [2.45, 2.75) is 6.42 Å². The summed E-state index contributed by atoms with van der Waals surface area (Å²) in [6.45, 7) is 0. The van der Waals surface area contributed by atoms with Gasteiger partial charge in [0.15, 0.2) is 0 Å². The van der Waals surface area contributed by atoms with E-state index in [-0.39, 0.29) is 80.1 Å². The normalized spacial score (nSPS) is 7.53. The van der Waals surface area contributed by atoms with Gasteiger partial charge < -0.3 is 34.0 Å². The molecule has 0 radical (unpaired) electrons.